The van der Waals surface area contributed by atoms with Crippen LogP contribution in [0.1, 0.15) is 21.5 Å². The van der Waals surface area contributed by atoms with Crippen LogP contribution in [0.2, 0.25) is 5.02 Å². The van der Waals surface area contributed by atoms with Crippen LogP contribution in [0.4, 0.5) is 0 Å². The SMILES string of the molecule is COc1ccc(COc2ccc(=O)n(-c3ccc(C(=O)NCc4ccc(Cl)cc4)cc3)n2)cc1. The number of aromatic nitrogens is 2. The zero-order valence-electron chi connectivity index (χ0n) is 18.4. The molecule has 0 fully saturated rings. The topological polar surface area (TPSA) is 82.5 Å². The van der Waals surface area contributed by atoms with Crippen LogP contribution in [0.25, 0.3) is 5.69 Å². The lowest BCUT2D eigenvalue weighted by Crippen LogP contribution is -2.23. The summed E-state index contributed by atoms with van der Waals surface area (Å²) in [5.41, 5.74) is 2.56. The van der Waals surface area contributed by atoms with Gasteiger partial charge in [0.15, 0.2) is 0 Å². The first-order chi connectivity index (χ1) is 16.5. The number of halogens is 1. The molecule has 0 atom stereocenters. The number of nitrogens with one attached hydrogen (secondary N) is 1. The Hall–Kier alpha value is -4.10. The van der Waals surface area contributed by atoms with Crippen LogP contribution in [0.5, 0.6) is 11.6 Å². The molecule has 1 heterocycles. The highest BCUT2D eigenvalue weighted by Crippen LogP contribution is 2.15. The fourth-order valence-corrected chi connectivity index (χ4v) is 3.30. The number of benzene rings is 3. The van der Waals surface area contributed by atoms with Crippen molar-refractivity contribution in [2.24, 2.45) is 0 Å². The van der Waals surface area contributed by atoms with Gasteiger partial charge in [-0.25, -0.2) is 0 Å². The van der Waals surface area contributed by atoms with Crippen molar-refractivity contribution in [3.63, 3.8) is 0 Å². The molecule has 3 aromatic carbocycles. The van der Waals surface area contributed by atoms with Crippen LogP contribution in [0.15, 0.2) is 89.7 Å². The number of hydrogen-bond donors (Lipinski definition) is 1. The number of nitrogens with zero attached hydrogens (tertiary/aromatic N) is 2. The second kappa shape index (κ2) is 10.7. The summed E-state index contributed by atoms with van der Waals surface area (Å²) in [6, 6.07) is 24.3. The maximum Gasteiger partial charge on any atom is 0.271 e. The van der Waals surface area contributed by atoms with E-state index in [1.165, 1.54) is 16.8 Å². The van der Waals surface area contributed by atoms with E-state index in [-0.39, 0.29) is 11.5 Å². The molecule has 1 amide bonds. The lowest BCUT2D eigenvalue weighted by molar-refractivity contribution is 0.0951. The molecule has 0 aliphatic rings. The first-order valence-corrected chi connectivity index (χ1v) is 10.9. The summed E-state index contributed by atoms with van der Waals surface area (Å²) in [7, 11) is 1.61. The molecule has 0 saturated heterocycles. The zero-order chi connectivity index (χ0) is 23.9. The van der Waals surface area contributed by atoms with Crippen LogP contribution < -0.4 is 20.3 Å². The summed E-state index contributed by atoms with van der Waals surface area (Å²) >= 11 is 5.88. The molecule has 1 N–H and O–H groups in total. The van der Waals surface area contributed by atoms with Gasteiger partial charge in [-0.15, -0.1) is 5.10 Å². The van der Waals surface area contributed by atoms with Gasteiger partial charge in [-0.2, -0.15) is 4.68 Å². The lowest BCUT2D eigenvalue weighted by atomic mass is 10.1. The quantitative estimate of drug-likeness (QED) is 0.408. The molecule has 1 aromatic heterocycles. The highest BCUT2D eigenvalue weighted by molar-refractivity contribution is 6.30. The predicted octanol–water partition coefficient (Wildman–Crippen LogP) is 4.40. The van der Waals surface area contributed by atoms with Gasteiger partial charge in [-0.1, -0.05) is 35.9 Å². The highest BCUT2D eigenvalue weighted by Gasteiger charge is 2.09. The van der Waals surface area contributed by atoms with Gasteiger partial charge in [-0.3, -0.25) is 9.59 Å². The van der Waals surface area contributed by atoms with Gasteiger partial charge in [0.2, 0.25) is 5.88 Å². The van der Waals surface area contributed by atoms with E-state index in [2.05, 4.69) is 10.4 Å². The Labute approximate surface area is 201 Å². The molecule has 0 saturated carbocycles. The number of rotatable bonds is 8. The summed E-state index contributed by atoms with van der Waals surface area (Å²) in [4.78, 5) is 24.8. The second-order valence-electron chi connectivity index (χ2n) is 7.41. The second-order valence-corrected chi connectivity index (χ2v) is 7.85. The molecule has 0 aliphatic carbocycles. The van der Waals surface area contributed by atoms with E-state index in [0.717, 1.165) is 16.9 Å². The van der Waals surface area contributed by atoms with Crippen LogP contribution in [-0.2, 0) is 13.2 Å². The number of amides is 1. The summed E-state index contributed by atoms with van der Waals surface area (Å²) in [6.45, 7) is 0.675. The van der Waals surface area contributed by atoms with Gasteiger partial charge in [0.25, 0.3) is 11.5 Å². The number of carbonyl (C=O) groups is 1. The first kappa shape index (κ1) is 23.1. The largest absolute Gasteiger partial charge is 0.497 e. The van der Waals surface area contributed by atoms with Gasteiger partial charge in [0, 0.05) is 29.3 Å². The number of methoxy groups -OCH3 is 1. The van der Waals surface area contributed by atoms with Gasteiger partial charge < -0.3 is 14.8 Å². The predicted molar refractivity (Wildman–Crippen MR) is 130 cm³/mol. The van der Waals surface area contributed by atoms with Crippen molar-refractivity contribution in [3.8, 4) is 17.3 Å². The number of carbonyl (C=O) groups excluding carboxylic acids is 1. The molecule has 8 heteroatoms. The van der Waals surface area contributed by atoms with E-state index in [0.29, 0.717) is 35.3 Å². The average Bonchev–Trinajstić information content (AvgIpc) is 2.88. The fraction of sp³-hybridized carbons (Fsp3) is 0.115. The van der Waals surface area contributed by atoms with Gasteiger partial charge in [0.05, 0.1) is 12.8 Å². The first-order valence-electron chi connectivity index (χ1n) is 10.5. The van der Waals surface area contributed by atoms with E-state index in [9.17, 15) is 9.59 Å². The molecular formula is C26H22ClN3O4. The van der Waals surface area contributed by atoms with Crippen LogP contribution in [0.3, 0.4) is 0 Å². The Morgan fingerprint density at radius 3 is 2.26 bits per heavy atom. The molecule has 0 bridgehead atoms. The molecule has 0 unspecified atom stereocenters. The molecule has 7 nitrogen and oxygen atoms in total. The van der Waals surface area contributed by atoms with Crippen LogP contribution in [-0.4, -0.2) is 22.8 Å². The fourth-order valence-electron chi connectivity index (χ4n) is 3.18. The molecule has 0 radical (unpaired) electrons. The minimum Gasteiger partial charge on any atom is -0.497 e. The third-order valence-corrected chi connectivity index (χ3v) is 5.31. The van der Waals surface area contributed by atoms with Crippen molar-refractivity contribution < 1.29 is 14.3 Å². The minimum atomic E-state index is -0.309. The molecule has 0 spiro atoms. The third kappa shape index (κ3) is 5.82. The van der Waals surface area contributed by atoms with E-state index < -0.39 is 0 Å². The molecule has 34 heavy (non-hydrogen) atoms. The third-order valence-electron chi connectivity index (χ3n) is 5.06. The number of ether oxygens (including phenoxy) is 2. The van der Waals surface area contributed by atoms with E-state index in [1.807, 2.05) is 36.4 Å². The maximum absolute atomic E-state index is 12.5. The molecule has 172 valence electrons. The van der Waals surface area contributed by atoms with E-state index in [4.69, 9.17) is 21.1 Å². The van der Waals surface area contributed by atoms with Gasteiger partial charge in [0.1, 0.15) is 12.4 Å². The monoisotopic (exact) mass is 475 g/mol. The average molecular weight is 476 g/mol. The zero-order valence-corrected chi connectivity index (χ0v) is 19.2. The standard InChI is InChI=1S/C26H22ClN3O4/c1-33-23-12-4-19(5-13-23)17-34-24-14-15-25(31)30(29-24)22-10-6-20(7-11-22)26(32)28-16-18-2-8-21(27)9-3-18/h2-15H,16-17H2,1H3,(H,28,32). The minimum absolute atomic E-state index is 0.224. The van der Waals surface area contributed by atoms with Crippen molar-refractivity contribution in [1.29, 1.82) is 0 Å². The highest BCUT2D eigenvalue weighted by atomic mass is 35.5. The Morgan fingerprint density at radius 2 is 1.59 bits per heavy atom. The summed E-state index contributed by atoms with van der Waals surface area (Å²) in [5, 5.41) is 7.80. The van der Waals surface area contributed by atoms with E-state index in [1.54, 1.807) is 43.5 Å². The smallest absolute Gasteiger partial charge is 0.271 e. The molecular weight excluding hydrogens is 454 g/mol. The Bertz CT molecular complexity index is 1320. The van der Waals surface area contributed by atoms with Crippen LogP contribution in [0, 0.1) is 0 Å². The lowest BCUT2D eigenvalue weighted by Gasteiger charge is -2.10. The Morgan fingerprint density at radius 1 is 0.912 bits per heavy atom. The van der Waals surface area contributed by atoms with E-state index >= 15 is 0 Å². The van der Waals surface area contributed by atoms with Crippen molar-refractivity contribution >= 4 is 17.5 Å². The van der Waals surface area contributed by atoms with Crippen molar-refractivity contribution in [3.05, 3.63) is 117 Å². The Balaban J connectivity index is 1.41. The summed E-state index contributed by atoms with van der Waals surface area (Å²) in [5.74, 6) is 0.844. The van der Waals surface area contributed by atoms with Crippen molar-refractivity contribution in [2.45, 2.75) is 13.2 Å². The van der Waals surface area contributed by atoms with Crippen LogP contribution >= 0.6 is 11.6 Å². The summed E-state index contributed by atoms with van der Waals surface area (Å²) in [6.07, 6.45) is 0. The van der Waals surface area contributed by atoms with Crippen molar-refractivity contribution in [1.82, 2.24) is 15.1 Å². The number of hydrogen-bond acceptors (Lipinski definition) is 5. The van der Waals surface area contributed by atoms with Crippen molar-refractivity contribution in [2.75, 3.05) is 7.11 Å². The Kier molecular flexibility index (Phi) is 7.25. The normalized spacial score (nSPS) is 10.5. The molecule has 4 rings (SSSR count). The molecule has 4 aromatic rings. The van der Waals surface area contributed by atoms with Gasteiger partial charge in [-0.05, 0) is 59.7 Å². The van der Waals surface area contributed by atoms with Gasteiger partial charge >= 0.3 is 0 Å². The summed E-state index contributed by atoms with van der Waals surface area (Å²) < 4.78 is 12.1. The molecule has 0 aliphatic heterocycles. The maximum atomic E-state index is 12.5.